The molecule has 0 aromatic rings. The molecule has 2 rings (SSSR count). The number of piperidine rings is 1. The van der Waals surface area contributed by atoms with Crippen LogP contribution in [0.2, 0.25) is 0 Å². The summed E-state index contributed by atoms with van der Waals surface area (Å²) in [6.07, 6.45) is 8.89. The average Bonchev–Trinajstić information content (AvgIpc) is 2.36. The Hall–Kier alpha value is -0.660. The molecular weight excluding hydrogens is 302 g/mol. The Balaban J connectivity index is 1.82. The quantitative estimate of drug-likeness (QED) is 0.827. The van der Waals surface area contributed by atoms with Crippen LogP contribution in [0, 0.1) is 0 Å². The number of hydrogen-bond acceptors (Lipinski definition) is 4. The van der Waals surface area contributed by atoms with Crippen molar-refractivity contribution in [2.75, 3.05) is 39.0 Å². The lowest BCUT2D eigenvalue weighted by atomic mass is 10.1. The first-order valence-corrected chi connectivity index (χ1v) is 10.3. The molecular formula is C15H29N3O3S. The molecule has 7 heteroatoms. The number of hydrogen-bond donors (Lipinski definition) is 1. The van der Waals surface area contributed by atoms with Crippen LogP contribution < -0.4 is 4.72 Å². The molecule has 2 aliphatic heterocycles. The highest BCUT2D eigenvalue weighted by Gasteiger charge is 2.25. The van der Waals surface area contributed by atoms with Gasteiger partial charge in [-0.3, -0.25) is 9.69 Å². The maximum absolute atomic E-state index is 12.5. The fraction of sp³-hybridized carbons (Fsp3) is 0.933. The molecule has 0 aliphatic carbocycles. The van der Waals surface area contributed by atoms with Gasteiger partial charge in [-0.2, -0.15) is 0 Å². The number of likely N-dealkylation sites (tertiary alicyclic amines) is 2. The van der Waals surface area contributed by atoms with E-state index >= 15 is 0 Å². The third-order valence-electron chi connectivity index (χ3n) is 4.45. The van der Waals surface area contributed by atoms with Crippen LogP contribution in [0.5, 0.6) is 0 Å². The monoisotopic (exact) mass is 331 g/mol. The lowest BCUT2D eigenvalue weighted by Crippen LogP contribution is -2.50. The topological polar surface area (TPSA) is 69.7 Å². The van der Waals surface area contributed by atoms with Gasteiger partial charge in [-0.15, -0.1) is 0 Å². The Kier molecular flexibility index (Phi) is 6.65. The fourth-order valence-corrected chi connectivity index (χ4v) is 4.18. The highest BCUT2D eigenvalue weighted by molar-refractivity contribution is 7.88. The molecule has 1 unspecified atom stereocenters. The van der Waals surface area contributed by atoms with E-state index in [-0.39, 0.29) is 11.9 Å². The second kappa shape index (κ2) is 8.26. The normalized spacial score (nSPS) is 25.5. The van der Waals surface area contributed by atoms with E-state index in [4.69, 9.17) is 0 Å². The summed E-state index contributed by atoms with van der Waals surface area (Å²) < 4.78 is 25.3. The van der Waals surface area contributed by atoms with E-state index in [1.165, 1.54) is 25.5 Å². The molecule has 0 aromatic carbocycles. The maximum atomic E-state index is 12.5. The number of amides is 1. The SMILES string of the molecule is CS(=O)(=O)NC1CCCN(CC(=O)N2CCCCCCC2)C1. The summed E-state index contributed by atoms with van der Waals surface area (Å²) in [5.74, 6) is 0.196. The van der Waals surface area contributed by atoms with Crippen LogP contribution in [0.15, 0.2) is 0 Å². The molecule has 2 aliphatic rings. The number of nitrogens with one attached hydrogen (secondary N) is 1. The van der Waals surface area contributed by atoms with Gasteiger partial charge in [0.05, 0.1) is 12.8 Å². The first-order chi connectivity index (χ1) is 10.4. The highest BCUT2D eigenvalue weighted by atomic mass is 32.2. The highest BCUT2D eigenvalue weighted by Crippen LogP contribution is 2.13. The van der Waals surface area contributed by atoms with Gasteiger partial charge in [0.25, 0.3) is 0 Å². The molecule has 2 heterocycles. The largest absolute Gasteiger partial charge is 0.342 e. The van der Waals surface area contributed by atoms with Gasteiger partial charge in [0.1, 0.15) is 0 Å². The zero-order chi connectivity index (χ0) is 16.0. The Morgan fingerprint density at radius 1 is 1.05 bits per heavy atom. The second-order valence-electron chi connectivity index (χ2n) is 6.61. The van der Waals surface area contributed by atoms with Crippen molar-refractivity contribution in [3.63, 3.8) is 0 Å². The van der Waals surface area contributed by atoms with Crippen molar-refractivity contribution in [3.05, 3.63) is 0 Å². The molecule has 1 amide bonds. The summed E-state index contributed by atoms with van der Waals surface area (Å²) in [4.78, 5) is 16.6. The van der Waals surface area contributed by atoms with Gasteiger partial charge in [-0.05, 0) is 32.2 Å². The Labute approximate surface area is 134 Å². The number of carbonyl (C=O) groups is 1. The summed E-state index contributed by atoms with van der Waals surface area (Å²) in [5.41, 5.74) is 0. The summed E-state index contributed by atoms with van der Waals surface area (Å²) in [5, 5.41) is 0. The van der Waals surface area contributed by atoms with Gasteiger partial charge >= 0.3 is 0 Å². The lowest BCUT2D eigenvalue weighted by molar-refractivity contribution is -0.133. The lowest BCUT2D eigenvalue weighted by Gasteiger charge is -2.34. The summed E-state index contributed by atoms with van der Waals surface area (Å²) in [7, 11) is -3.18. The third kappa shape index (κ3) is 6.22. The van der Waals surface area contributed by atoms with E-state index in [2.05, 4.69) is 9.62 Å². The summed E-state index contributed by atoms with van der Waals surface area (Å²) in [6.45, 7) is 3.67. The first kappa shape index (κ1) is 17.7. The van der Waals surface area contributed by atoms with Gasteiger partial charge < -0.3 is 4.90 Å². The van der Waals surface area contributed by atoms with E-state index in [1.807, 2.05) is 4.90 Å². The minimum absolute atomic E-state index is 0.0658. The van der Waals surface area contributed by atoms with Crippen molar-refractivity contribution in [1.82, 2.24) is 14.5 Å². The third-order valence-corrected chi connectivity index (χ3v) is 5.22. The molecule has 0 aromatic heterocycles. The van der Waals surface area contributed by atoms with Crippen LogP contribution >= 0.6 is 0 Å². The minimum Gasteiger partial charge on any atom is -0.342 e. The number of carbonyl (C=O) groups excluding carboxylic acids is 1. The fourth-order valence-electron chi connectivity index (χ4n) is 3.39. The zero-order valence-corrected chi connectivity index (χ0v) is 14.4. The molecule has 0 spiro atoms. The standard InChI is InChI=1S/C15H29N3O3S/c1-22(20,21)16-14-8-7-9-17(12-14)13-15(19)18-10-5-3-2-4-6-11-18/h14,16H,2-13H2,1H3. The Bertz CT molecular complexity index is 459. The van der Waals surface area contributed by atoms with Gasteiger partial charge in [-0.1, -0.05) is 19.3 Å². The molecule has 2 fully saturated rings. The van der Waals surface area contributed by atoms with Crippen molar-refractivity contribution in [2.45, 2.75) is 51.0 Å². The predicted octanol–water partition coefficient (Wildman–Crippen LogP) is 0.793. The van der Waals surface area contributed by atoms with Crippen molar-refractivity contribution in [3.8, 4) is 0 Å². The number of nitrogens with zero attached hydrogens (tertiary/aromatic N) is 2. The molecule has 6 nitrogen and oxygen atoms in total. The molecule has 128 valence electrons. The summed E-state index contributed by atoms with van der Waals surface area (Å²) >= 11 is 0. The molecule has 0 saturated carbocycles. The van der Waals surface area contributed by atoms with Crippen LogP contribution in [-0.4, -0.2) is 69.1 Å². The van der Waals surface area contributed by atoms with Crippen LogP contribution in [0.4, 0.5) is 0 Å². The molecule has 1 N–H and O–H groups in total. The number of sulfonamides is 1. The van der Waals surface area contributed by atoms with Gasteiger partial charge in [0, 0.05) is 25.7 Å². The first-order valence-electron chi connectivity index (χ1n) is 8.41. The second-order valence-corrected chi connectivity index (χ2v) is 8.39. The van der Waals surface area contributed by atoms with Gasteiger partial charge in [0.2, 0.25) is 15.9 Å². The molecule has 22 heavy (non-hydrogen) atoms. The van der Waals surface area contributed by atoms with Crippen molar-refractivity contribution >= 4 is 15.9 Å². The molecule has 0 bridgehead atoms. The zero-order valence-electron chi connectivity index (χ0n) is 13.6. The van der Waals surface area contributed by atoms with E-state index in [1.54, 1.807) is 0 Å². The van der Waals surface area contributed by atoms with Crippen molar-refractivity contribution in [2.24, 2.45) is 0 Å². The van der Waals surface area contributed by atoms with E-state index in [9.17, 15) is 13.2 Å². The minimum atomic E-state index is -3.18. The molecule has 2 saturated heterocycles. The van der Waals surface area contributed by atoms with Crippen LogP contribution in [0.3, 0.4) is 0 Å². The Morgan fingerprint density at radius 2 is 1.68 bits per heavy atom. The van der Waals surface area contributed by atoms with Gasteiger partial charge in [0.15, 0.2) is 0 Å². The summed E-state index contributed by atoms with van der Waals surface area (Å²) in [6, 6.07) is -0.0658. The molecule has 1 atom stereocenters. The van der Waals surface area contributed by atoms with E-state index in [0.29, 0.717) is 13.1 Å². The average molecular weight is 331 g/mol. The molecule has 0 radical (unpaired) electrons. The predicted molar refractivity (Wildman–Crippen MR) is 87.1 cm³/mol. The van der Waals surface area contributed by atoms with E-state index in [0.717, 1.165) is 45.3 Å². The van der Waals surface area contributed by atoms with E-state index < -0.39 is 10.0 Å². The van der Waals surface area contributed by atoms with Crippen LogP contribution in [0.25, 0.3) is 0 Å². The van der Waals surface area contributed by atoms with Gasteiger partial charge in [-0.25, -0.2) is 13.1 Å². The van der Waals surface area contributed by atoms with Crippen LogP contribution in [0.1, 0.15) is 44.9 Å². The Morgan fingerprint density at radius 3 is 2.32 bits per heavy atom. The van der Waals surface area contributed by atoms with Crippen molar-refractivity contribution < 1.29 is 13.2 Å². The smallest absolute Gasteiger partial charge is 0.236 e. The van der Waals surface area contributed by atoms with Crippen LogP contribution in [-0.2, 0) is 14.8 Å². The maximum Gasteiger partial charge on any atom is 0.236 e. The van der Waals surface area contributed by atoms with Crippen molar-refractivity contribution in [1.29, 1.82) is 0 Å². The number of rotatable bonds is 4.